The predicted octanol–water partition coefficient (Wildman–Crippen LogP) is 3.99. The fourth-order valence-corrected chi connectivity index (χ4v) is 3.30. The molecule has 3 nitrogen and oxygen atoms in total. The molecule has 1 aromatic carbocycles. The van der Waals surface area contributed by atoms with Gasteiger partial charge in [0.2, 0.25) is 0 Å². The molecule has 0 saturated carbocycles. The van der Waals surface area contributed by atoms with Crippen LogP contribution < -0.4 is 5.32 Å². The molecule has 1 aromatic heterocycles. The Morgan fingerprint density at radius 3 is 2.50 bits per heavy atom. The number of thiophene rings is 1. The van der Waals surface area contributed by atoms with Gasteiger partial charge in [-0.3, -0.25) is 4.79 Å². The predicted molar refractivity (Wildman–Crippen MR) is 85.1 cm³/mol. The molecule has 0 aliphatic carbocycles. The van der Waals surface area contributed by atoms with Crippen molar-refractivity contribution < 1.29 is 9.90 Å². The summed E-state index contributed by atoms with van der Waals surface area (Å²) in [5, 5.41) is 12.3. The maximum Gasteiger partial charge on any atom is 0.310 e. The first-order valence-corrected chi connectivity index (χ1v) is 7.94. The zero-order valence-corrected chi connectivity index (χ0v) is 13.5. The molecule has 2 N–H and O–H groups in total. The van der Waals surface area contributed by atoms with E-state index in [-0.39, 0.29) is 0 Å². The van der Waals surface area contributed by atoms with Gasteiger partial charge in [0.25, 0.3) is 0 Å². The van der Waals surface area contributed by atoms with Gasteiger partial charge in [0.05, 0.1) is 9.70 Å². The molecular formula is C15H16BrNO2S. The summed E-state index contributed by atoms with van der Waals surface area (Å²) in [5.74, 6) is -1.25. The first-order chi connectivity index (χ1) is 9.56. The molecule has 0 spiro atoms. The van der Waals surface area contributed by atoms with Crippen LogP contribution in [0.1, 0.15) is 28.8 Å². The minimum absolute atomic E-state index is 0.458. The number of benzene rings is 1. The van der Waals surface area contributed by atoms with Crippen molar-refractivity contribution in [3.63, 3.8) is 0 Å². The van der Waals surface area contributed by atoms with Crippen LogP contribution in [0.4, 0.5) is 0 Å². The van der Waals surface area contributed by atoms with E-state index >= 15 is 0 Å². The summed E-state index contributed by atoms with van der Waals surface area (Å²) in [6, 6.07) is 11.9. The van der Waals surface area contributed by atoms with Crippen LogP contribution in [0.25, 0.3) is 0 Å². The molecule has 2 aromatic rings. The van der Waals surface area contributed by atoms with E-state index in [9.17, 15) is 4.79 Å². The Kier molecular flexibility index (Phi) is 5.34. The average molecular weight is 354 g/mol. The van der Waals surface area contributed by atoms with E-state index in [4.69, 9.17) is 5.11 Å². The smallest absolute Gasteiger partial charge is 0.310 e. The summed E-state index contributed by atoms with van der Waals surface area (Å²) in [7, 11) is 0. The summed E-state index contributed by atoms with van der Waals surface area (Å²) in [4.78, 5) is 12.2. The lowest BCUT2D eigenvalue weighted by atomic mass is 10.0. The third-order valence-corrected chi connectivity index (χ3v) is 4.73. The van der Waals surface area contributed by atoms with E-state index in [0.29, 0.717) is 0 Å². The number of hydrogen-bond donors (Lipinski definition) is 2. The highest BCUT2D eigenvalue weighted by Gasteiger charge is 2.12. The van der Waals surface area contributed by atoms with Gasteiger partial charge < -0.3 is 10.4 Å². The monoisotopic (exact) mass is 353 g/mol. The van der Waals surface area contributed by atoms with Crippen LogP contribution in [0.3, 0.4) is 0 Å². The number of carboxylic acid groups (broad SMARTS) is 1. The first kappa shape index (κ1) is 15.2. The average Bonchev–Trinajstić information content (AvgIpc) is 2.84. The third kappa shape index (κ3) is 4.16. The Labute approximate surface area is 130 Å². The highest BCUT2D eigenvalue weighted by atomic mass is 79.9. The Balaban J connectivity index is 1.86. The molecule has 0 saturated heterocycles. The van der Waals surface area contributed by atoms with Gasteiger partial charge in [-0.15, -0.1) is 11.3 Å². The van der Waals surface area contributed by atoms with Gasteiger partial charge in [0.1, 0.15) is 0 Å². The Bertz CT molecular complexity index is 580. The maximum atomic E-state index is 10.9. The molecule has 0 amide bonds. The van der Waals surface area contributed by atoms with Gasteiger partial charge in [-0.2, -0.15) is 0 Å². The summed E-state index contributed by atoms with van der Waals surface area (Å²) < 4.78 is 1.14. The second-order valence-electron chi connectivity index (χ2n) is 4.61. The number of rotatable bonds is 6. The van der Waals surface area contributed by atoms with E-state index in [1.807, 2.05) is 30.3 Å². The van der Waals surface area contributed by atoms with Crippen molar-refractivity contribution in [1.82, 2.24) is 5.32 Å². The topological polar surface area (TPSA) is 49.3 Å². The number of hydrogen-bond acceptors (Lipinski definition) is 3. The number of nitrogens with one attached hydrogen (secondary N) is 1. The minimum Gasteiger partial charge on any atom is -0.481 e. The highest BCUT2D eigenvalue weighted by Crippen LogP contribution is 2.22. The molecule has 2 rings (SSSR count). The van der Waals surface area contributed by atoms with Gasteiger partial charge in [-0.25, -0.2) is 0 Å². The van der Waals surface area contributed by atoms with Gasteiger partial charge in [0.15, 0.2) is 0 Å². The van der Waals surface area contributed by atoms with Crippen molar-refractivity contribution >= 4 is 33.2 Å². The lowest BCUT2D eigenvalue weighted by Crippen LogP contribution is -2.12. The van der Waals surface area contributed by atoms with E-state index in [1.165, 1.54) is 4.88 Å². The molecule has 1 unspecified atom stereocenters. The van der Waals surface area contributed by atoms with Crippen LogP contribution in [0.15, 0.2) is 40.2 Å². The SMILES string of the molecule is CC(C(=O)O)c1ccc(CNCc2ccc(Br)s2)cc1. The van der Waals surface area contributed by atoms with Crippen molar-refractivity contribution in [2.24, 2.45) is 0 Å². The van der Waals surface area contributed by atoms with Gasteiger partial charge in [-0.1, -0.05) is 24.3 Å². The van der Waals surface area contributed by atoms with E-state index in [2.05, 4.69) is 27.3 Å². The van der Waals surface area contributed by atoms with Gasteiger partial charge in [-0.05, 0) is 46.1 Å². The number of aliphatic carboxylic acids is 1. The van der Waals surface area contributed by atoms with Crippen molar-refractivity contribution in [1.29, 1.82) is 0 Å². The van der Waals surface area contributed by atoms with E-state index in [0.717, 1.165) is 28.0 Å². The molecule has 0 bridgehead atoms. The first-order valence-electron chi connectivity index (χ1n) is 6.33. The number of halogens is 1. The maximum absolute atomic E-state index is 10.9. The highest BCUT2D eigenvalue weighted by molar-refractivity contribution is 9.11. The Morgan fingerprint density at radius 1 is 1.25 bits per heavy atom. The van der Waals surface area contributed by atoms with Crippen LogP contribution in [-0.4, -0.2) is 11.1 Å². The molecule has 5 heteroatoms. The van der Waals surface area contributed by atoms with Crippen LogP contribution in [-0.2, 0) is 17.9 Å². The van der Waals surface area contributed by atoms with Crippen molar-refractivity contribution in [2.75, 3.05) is 0 Å². The van der Waals surface area contributed by atoms with Crippen molar-refractivity contribution in [3.05, 3.63) is 56.2 Å². The lowest BCUT2D eigenvalue weighted by Gasteiger charge is -2.08. The second kappa shape index (κ2) is 7.02. The van der Waals surface area contributed by atoms with E-state index in [1.54, 1.807) is 18.3 Å². The van der Waals surface area contributed by atoms with Gasteiger partial charge >= 0.3 is 5.97 Å². The summed E-state index contributed by atoms with van der Waals surface area (Å²) in [5.41, 5.74) is 1.99. The molecule has 0 aliphatic rings. The fourth-order valence-electron chi connectivity index (χ4n) is 1.84. The quantitative estimate of drug-likeness (QED) is 0.825. The Morgan fingerprint density at radius 2 is 1.95 bits per heavy atom. The van der Waals surface area contributed by atoms with Crippen LogP contribution in [0, 0.1) is 0 Å². The normalized spacial score (nSPS) is 12.3. The van der Waals surface area contributed by atoms with Gasteiger partial charge in [0, 0.05) is 18.0 Å². The van der Waals surface area contributed by atoms with Crippen molar-refractivity contribution in [2.45, 2.75) is 25.9 Å². The molecule has 1 heterocycles. The fraction of sp³-hybridized carbons (Fsp3) is 0.267. The van der Waals surface area contributed by atoms with E-state index < -0.39 is 11.9 Å². The van der Waals surface area contributed by atoms with Crippen molar-refractivity contribution in [3.8, 4) is 0 Å². The van der Waals surface area contributed by atoms with Crippen LogP contribution in [0.5, 0.6) is 0 Å². The molecule has 106 valence electrons. The van der Waals surface area contributed by atoms with Crippen LogP contribution in [0.2, 0.25) is 0 Å². The molecule has 0 fully saturated rings. The lowest BCUT2D eigenvalue weighted by molar-refractivity contribution is -0.138. The third-order valence-electron chi connectivity index (χ3n) is 3.11. The molecule has 0 radical (unpaired) electrons. The standard InChI is InChI=1S/C15H16BrNO2S/c1-10(15(18)19)12-4-2-11(3-5-12)8-17-9-13-6-7-14(16)20-13/h2-7,10,17H,8-9H2,1H3,(H,18,19). The molecule has 1 atom stereocenters. The zero-order valence-electron chi connectivity index (χ0n) is 11.1. The summed E-state index contributed by atoms with van der Waals surface area (Å²) in [6.07, 6.45) is 0. The largest absolute Gasteiger partial charge is 0.481 e. The minimum atomic E-state index is -0.792. The molecule has 0 aliphatic heterocycles. The zero-order chi connectivity index (χ0) is 14.5. The molecule has 20 heavy (non-hydrogen) atoms. The number of carboxylic acids is 1. The second-order valence-corrected chi connectivity index (χ2v) is 7.16. The summed E-state index contributed by atoms with van der Waals surface area (Å²) in [6.45, 7) is 3.31. The number of carbonyl (C=O) groups is 1. The summed E-state index contributed by atoms with van der Waals surface area (Å²) >= 11 is 5.17. The van der Waals surface area contributed by atoms with Crippen LogP contribution >= 0.6 is 27.3 Å². The Hall–Kier alpha value is -1.17. The molecular weight excluding hydrogens is 338 g/mol.